The number of carbonyl (C=O) groups is 2. The van der Waals surface area contributed by atoms with Crippen molar-refractivity contribution in [2.75, 3.05) is 12.4 Å². The zero-order chi connectivity index (χ0) is 16.2. The summed E-state index contributed by atoms with van der Waals surface area (Å²) in [7, 11) is 1.52. The van der Waals surface area contributed by atoms with Gasteiger partial charge in [0.1, 0.15) is 17.9 Å². The third-order valence-electron chi connectivity index (χ3n) is 4.23. The molecule has 9 heteroatoms. The largest absolute Gasteiger partial charge is 0.357 e. The Kier molecular flexibility index (Phi) is 5.65. The summed E-state index contributed by atoms with van der Waals surface area (Å²) in [5.74, 6) is -0.359. The molecule has 0 saturated heterocycles. The first-order valence-electron chi connectivity index (χ1n) is 7.30. The van der Waals surface area contributed by atoms with E-state index in [2.05, 4.69) is 20.8 Å². The Labute approximate surface area is 138 Å². The quantitative estimate of drug-likeness (QED) is 0.456. The summed E-state index contributed by atoms with van der Waals surface area (Å²) >= 11 is 6.19. The molecule has 2 rings (SSSR count). The number of rotatable bonds is 6. The molecule has 1 saturated carbocycles. The SMILES string of the molecule is CNC(=O)C(Nc1n[nH]c(=S)s1)C(N)(C=O)C1CCCCC1. The molecule has 1 aliphatic rings. The Morgan fingerprint density at radius 3 is 2.73 bits per heavy atom. The fourth-order valence-electron chi connectivity index (χ4n) is 2.98. The maximum absolute atomic E-state index is 12.3. The highest BCUT2D eigenvalue weighted by Crippen LogP contribution is 2.33. The number of aldehydes is 1. The molecule has 0 aliphatic heterocycles. The summed E-state index contributed by atoms with van der Waals surface area (Å²) in [6, 6.07) is -0.882. The number of aromatic amines is 1. The molecule has 5 N–H and O–H groups in total. The highest BCUT2D eigenvalue weighted by atomic mass is 32.1. The van der Waals surface area contributed by atoms with Gasteiger partial charge in [0.15, 0.2) is 3.95 Å². The third-order valence-corrected chi connectivity index (χ3v) is 5.25. The van der Waals surface area contributed by atoms with Crippen LogP contribution in [0.25, 0.3) is 0 Å². The van der Waals surface area contributed by atoms with Crippen LogP contribution in [-0.2, 0) is 9.59 Å². The van der Waals surface area contributed by atoms with E-state index in [-0.39, 0.29) is 11.8 Å². The number of likely N-dealkylation sites (N-methyl/N-ethyl adjacent to an activating group) is 1. The van der Waals surface area contributed by atoms with Gasteiger partial charge in [0.2, 0.25) is 11.0 Å². The van der Waals surface area contributed by atoms with Gasteiger partial charge in [0.05, 0.1) is 0 Å². The van der Waals surface area contributed by atoms with Crippen LogP contribution < -0.4 is 16.4 Å². The number of anilines is 1. The smallest absolute Gasteiger partial charge is 0.244 e. The van der Waals surface area contributed by atoms with Crippen LogP contribution in [0, 0.1) is 9.87 Å². The van der Waals surface area contributed by atoms with Gasteiger partial charge in [0, 0.05) is 7.05 Å². The molecule has 0 radical (unpaired) electrons. The summed E-state index contributed by atoms with van der Waals surface area (Å²) in [4.78, 5) is 24.1. The topological polar surface area (TPSA) is 113 Å². The molecule has 0 bridgehead atoms. The predicted molar refractivity (Wildman–Crippen MR) is 88.3 cm³/mol. The fraction of sp³-hybridized carbons (Fsp3) is 0.692. The molecule has 1 aliphatic carbocycles. The van der Waals surface area contributed by atoms with Crippen LogP contribution in [0.15, 0.2) is 0 Å². The van der Waals surface area contributed by atoms with E-state index < -0.39 is 11.6 Å². The Bertz CT molecular complexity index is 581. The number of H-pyrrole nitrogens is 1. The molecule has 1 aromatic heterocycles. The van der Waals surface area contributed by atoms with E-state index in [1.165, 1.54) is 18.4 Å². The van der Waals surface area contributed by atoms with Crippen LogP contribution in [0.4, 0.5) is 5.13 Å². The van der Waals surface area contributed by atoms with Crippen LogP contribution in [0.3, 0.4) is 0 Å². The minimum atomic E-state index is -1.27. The van der Waals surface area contributed by atoms with E-state index in [0.717, 1.165) is 32.1 Å². The molecule has 1 fully saturated rings. The number of aromatic nitrogens is 2. The van der Waals surface area contributed by atoms with Crippen molar-refractivity contribution in [3.05, 3.63) is 3.95 Å². The zero-order valence-corrected chi connectivity index (χ0v) is 14.1. The van der Waals surface area contributed by atoms with Crippen LogP contribution in [0.5, 0.6) is 0 Å². The molecule has 1 amide bonds. The van der Waals surface area contributed by atoms with Crippen molar-refractivity contribution in [1.29, 1.82) is 0 Å². The van der Waals surface area contributed by atoms with E-state index in [1.807, 2.05) is 0 Å². The van der Waals surface area contributed by atoms with Gasteiger partial charge in [0.25, 0.3) is 0 Å². The lowest BCUT2D eigenvalue weighted by Crippen LogP contribution is -2.65. The molecule has 1 aromatic rings. The molecule has 0 spiro atoms. The second-order valence-corrected chi connectivity index (χ2v) is 7.23. The van der Waals surface area contributed by atoms with Crippen LogP contribution in [0.2, 0.25) is 0 Å². The van der Waals surface area contributed by atoms with Gasteiger partial charge in [-0.05, 0) is 31.0 Å². The molecule has 2 unspecified atom stereocenters. The summed E-state index contributed by atoms with van der Waals surface area (Å²) in [6.45, 7) is 0. The van der Waals surface area contributed by atoms with Crippen molar-refractivity contribution in [3.8, 4) is 0 Å². The maximum atomic E-state index is 12.3. The maximum Gasteiger partial charge on any atom is 0.244 e. The summed E-state index contributed by atoms with van der Waals surface area (Å²) < 4.78 is 0.490. The van der Waals surface area contributed by atoms with E-state index >= 15 is 0 Å². The molecule has 0 aromatic carbocycles. The monoisotopic (exact) mass is 343 g/mol. The predicted octanol–water partition coefficient (Wildman–Crippen LogP) is 1.20. The standard InChI is InChI=1S/C13H21N5O2S2/c1-15-10(20)9(16-11-17-18-12(21)22-11)13(14,7-19)8-5-3-2-4-6-8/h7-9H,2-6,14H2,1H3,(H,15,20)(H,16,17)(H,18,21). The molecule has 22 heavy (non-hydrogen) atoms. The number of amides is 1. The van der Waals surface area contributed by atoms with Crippen molar-refractivity contribution in [2.24, 2.45) is 11.7 Å². The van der Waals surface area contributed by atoms with Crippen molar-refractivity contribution in [1.82, 2.24) is 15.5 Å². The molecular formula is C13H21N5O2S2. The van der Waals surface area contributed by atoms with Gasteiger partial charge >= 0.3 is 0 Å². The Balaban J connectivity index is 2.29. The molecular weight excluding hydrogens is 322 g/mol. The zero-order valence-electron chi connectivity index (χ0n) is 12.4. The van der Waals surface area contributed by atoms with Gasteiger partial charge < -0.3 is 21.2 Å². The Hall–Kier alpha value is -1.32. The minimum Gasteiger partial charge on any atom is -0.357 e. The number of nitrogens with one attached hydrogen (secondary N) is 3. The first kappa shape index (κ1) is 17.0. The highest BCUT2D eigenvalue weighted by molar-refractivity contribution is 7.73. The fourth-order valence-corrected chi connectivity index (χ4v) is 3.80. The van der Waals surface area contributed by atoms with E-state index in [4.69, 9.17) is 18.0 Å². The lowest BCUT2D eigenvalue weighted by atomic mass is 9.72. The molecule has 2 atom stereocenters. The number of nitrogens with two attached hydrogens (primary N) is 1. The van der Waals surface area contributed by atoms with Crippen molar-refractivity contribution >= 4 is 40.9 Å². The number of hydrogen-bond donors (Lipinski definition) is 4. The molecule has 7 nitrogen and oxygen atoms in total. The van der Waals surface area contributed by atoms with Crippen LogP contribution >= 0.6 is 23.6 Å². The average Bonchev–Trinajstić information content (AvgIpc) is 2.97. The summed E-state index contributed by atoms with van der Waals surface area (Å²) in [5, 5.41) is 12.6. The first-order valence-corrected chi connectivity index (χ1v) is 8.52. The van der Waals surface area contributed by atoms with Crippen LogP contribution in [0.1, 0.15) is 32.1 Å². The Morgan fingerprint density at radius 2 is 2.23 bits per heavy atom. The Morgan fingerprint density at radius 1 is 1.55 bits per heavy atom. The number of carbonyl (C=O) groups excluding carboxylic acids is 2. The van der Waals surface area contributed by atoms with Crippen LogP contribution in [-0.4, -0.2) is 41.0 Å². The summed E-state index contributed by atoms with van der Waals surface area (Å²) in [5.41, 5.74) is 5.13. The van der Waals surface area contributed by atoms with Gasteiger partial charge in [-0.15, -0.1) is 5.10 Å². The lowest BCUT2D eigenvalue weighted by molar-refractivity contribution is -0.127. The molecule has 122 valence electrons. The van der Waals surface area contributed by atoms with Crippen molar-refractivity contribution in [3.63, 3.8) is 0 Å². The van der Waals surface area contributed by atoms with Crippen molar-refractivity contribution < 1.29 is 9.59 Å². The summed E-state index contributed by atoms with van der Waals surface area (Å²) in [6.07, 6.45) is 5.60. The second-order valence-electron chi connectivity index (χ2n) is 5.56. The van der Waals surface area contributed by atoms with E-state index in [9.17, 15) is 9.59 Å². The average molecular weight is 343 g/mol. The number of nitrogens with zero attached hydrogens (tertiary/aromatic N) is 1. The second kappa shape index (κ2) is 7.30. The minimum absolute atomic E-state index is 0.0273. The first-order chi connectivity index (χ1) is 10.5. The lowest BCUT2D eigenvalue weighted by Gasteiger charge is -2.40. The van der Waals surface area contributed by atoms with E-state index in [1.54, 1.807) is 0 Å². The van der Waals surface area contributed by atoms with Crippen molar-refractivity contribution in [2.45, 2.75) is 43.7 Å². The van der Waals surface area contributed by atoms with Gasteiger partial charge in [-0.3, -0.25) is 9.89 Å². The number of hydrogen-bond acceptors (Lipinski definition) is 7. The van der Waals surface area contributed by atoms with Gasteiger partial charge in [-0.25, -0.2) is 0 Å². The highest BCUT2D eigenvalue weighted by Gasteiger charge is 2.46. The van der Waals surface area contributed by atoms with E-state index in [0.29, 0.717) is 15.4 Å². The third kappa shape index (κ3) is 3.53. The normalized spacial score (nSPS) is 19.9. The van der Waals surface area contributed by atoms with Gasteiger partial charge in [-0.2, -0.15) is 0 Å². The van der Waals surface area contributed by atoms with Gasteiger partial charge in [-0.1, -0.05) is 30.6 Å². The molecule has 1 heterocycles.